The van der Waals surface area contributed by atoms with Crippen molar-refractivity contribution in [2.24, 2.45) is 0 Å². The van der Waals surface area contributed by atoms with Gasteiger partial charge in [0, 0.05) is 35.3 Å². The van der Waals surface area contributed by atoms with Crippen LogP contribution in [0.4, 0.5) is 10.5 Å². The lowest BCUT2D eigenvalue weighted by Crippen LogP contribution is -2.39. The van der Waals surface area contributed by atoms with Gasteiger partial charge in [-0.3, -0.25) is 0 Å². The van der Waals surface area contributed by atoms with Gasteiger partial charge in [-0.15, -0.1) is 11.3 Å². The van der Waals surface area contributed by atoms with Gasteiger partial charge in [0.15, 0.2) is 0 Å². The number of amides is 2. The molecular formula is C23H25N3O3S. The van der Waals surface area contributed by atoms with Crippen LogP contribution in [0.3, 0.4) is 0 Å². The van der Waals surface area contributed by atoms with E-state index in [1.807, 2.05) is 48.7 Å². The number of aromatic hydroxyl groups is 1. The average molecular weight is 424 g/mol. The number of benzene rings is 2. The van der Waals surface area contributed by atoms with Crippen LogP contribution in [0.5, 0.6) is 5.75 Å². The largest absolute Gasteiger partial charge is 0.508 e. The van der Waals surface area contributed by atoms with E-state index in [2.05, 4.69) is 10.3 Å². The zero-order valence-electron chi connectivity index (χ0n) is 16.9. The summed E-state index contributed by atoms with van der Waals surface area (Å²) in [6, 6.07) is 14.6. The third kappa shape index (κ3) is 4.98. The van der Waals surface area contributed by atoms with Gasteiger partial charge in [-0.25, -0.2) is 9.78 Å². The second kappa shape index (κ2) is 9.28. The van der Waals surface area contributed by atoms with E-state index >= 15 is 0 Å². The van der Waals surface area contributed by atoms with E-state index in [4.69, 9.17) is 4.74 Å². The molecule has 4 rings (SSSR count). The Morgan fingerprint density at radius 3 is 2.90 bits per heavy atom. The van der Waals surface area contributed by atoms with Crippen LogP contribution in [0.25, 0.3) is 11.3 Å². The maximum atomic E-state index is 13.1. The predicted molar refractivity (Wildman–Crippen MR) is 119 cm³/mol. The van der Waals surface area contributed by atoms with Crippen molar-refractivity contribution in [2.45, 2.75) is 32.4 Å². The van der Waals surface area contributed by atoms with Crippen LogP contribution in [-0.4, -0.2) is 40.3 Å². The number of aromatic nitrogens is 1. The minimum atomic E-state index is -0.222. The van der Waals surface area contributed by atoms with Crippen molar-refractivity contribution in [3.63, 3.8) is 0 Å². The minimum absolute atomic E-state index is 0.0194. The second-order valence-corrected chi connectivity index (χ2v) is 8.47. The van der Waals surface area contributed by atoms with Gasteiger partial charge in [0.2, 0.25) is 0 Å². The monoisotopic (exact) mass is 423 g/mol. The molecule has 0 aliphatic carbocycles. The molecular weight excluding hydrogens is 398 g/mol. The molecule has 0 spiro atoms. The summed E-state index contributed by atoms with van der Waals surface area (Å²) in [7, 11) is 0. The second-order valence-electron chi connectivity index (χ2n) is 7.41. The average Bonchev–Trinajstić information content (AvgIpc) is 3.41. The van der Waals surface area contributed by atoms with Gasteiger partial charge in [-0.1, -0.05) is 30.3 Å². The summed E-state index contributed by atoms with van der Waals surface area (Å²) in [5.41, 5.74) is 3.28. The zero-order valence-corrected chi connectivity index (χ0v) is 17.7. The van der Waals surface area contributed by atoms with Gasteiger partial charge in [0.05, 0.1) is 23.4 Å². The fourth-order valence-electron chi connectivity index (χ4n) is 3.56. The molecule has 2 heterocycles. The van der Waals surface area contributed by atoms with Crippen LogP contribution < -0.4 is 5.32 Å². The quantitative estimate of drug-likeness (QED) is 0.583. The van der Waals surface area contributed by atoms with Gasteiger partial charge in [0.25, 0.3) is 0 Å². The van der Waals surface area contributed by atoms with Gasteiger partial charge in [-0.05, 0) is 38.0 Å². The van der Waals surface area contributed by atoms with E-state index in [9.17, 15) is 9.90 Å². The summed E-state index contributed by atoms with van der Waals surface area (Å²) < 4.78 is 5.74. The first-order chi connectivity index (χ1) is 14.6. The molecule has 1 atom stereocenters. The Hall–Kier alpha value is -2.90. The molecule has 2 N–H and O–H groups in total. The van der Waals surface area contributed by atoms with Crippen molar-refractivity contribution < 1.29 is 14.6 Å². The number of phenols is 1. The summed E-state index contributed by atoms with van der Waals surface area (Å²) in [5, 5.41) is 16.2. The van der Waals surface area contributed by atoms with Crippen LogP contribution in [0, 0.1) is 6.92 Å². The Morgan fingerprint density at radius 1 is 1.30 bits per heavy atom. The number of nitrogens with zero attached hydrogens (tertiary/aromatic N) is 2. The molecule has 1 aromatic heterocycles. The molecule has 0 bridgehead atoms. The Bertz CT molecular complexity index is 1010. The summed E-state index contributed by atoms with van der Waals surface area (Å²) in [5.74, 6) is 0.184. The first kappa shape index (κ1) is 20.4. The van der Waals surface area contributed by atoms with Gasteiger partial charge >= 0.3 is 6.03 Å². The Labute approximate surface area is 180 Å². The van der Waals surface area contributed by atoms with Crippen molar-refractivity contribution in [1.82, 2.24) is 9.88 Å². The molecule has 6 nitrogen and oxygen atoms in total. The topological polar surface area (TPSA) is 74.7 Å². The highest BCUT2D eigenvalue weighted by Crippen LogP contribution is 2.25. The van der Waals surface area contributed by atoms with Crippen LogP contribution in [0.15, 0.2) is 53.9 Å². The van der Waals surface area contributed by atoms with Gasteiger partial charge in [0.1, 0.15) is 5.75 Å². The van der Waals surface area contributed by atoms with Crippen molar-refractivity contribution in [1.29, 1.82) is 0 Å². The number of anilines is 1. The number of nitrogens with one attached hydrogen (secondary N) is 1. The van der Waals surface area contributed by atoms with Gasteiger partial charge in [-0.2, -0.15) is 0 Å². The predicted octanol–water partition coefficient (Wildman–Crippen LogP) is 5.04. The Morgan fingerprint density at radius 2 is 2.17 bits per heavy atom. The molecule has 156 valence electrons. The summed E-state index contributed by atoms with van der Waals surface area (Å²) >= 11 is 1.60. The maximum absolute atomic E-state index is 13.1. The first-order valence-electron chi connectivity index (χ1n) is 10.1. The number of urea groups is 1. The highest BCUT2D eigenvalue weighted by atomic mass is 32.1. The first-order valence-corrected chi connectivity index (χ1v) is 10.9. The maximum Gasteiger partial charge on any atom is 0.322 e. The summed E-state index contributed by atoms with van der Waals surface area (Å²) in [6.07, 6.45) is 1.96. The Balaban J connectivity index is 1.51. The summed E-state index contributed by atoms with van der Waals surface area (Å²) in [6.45, 7) is 3.49. The molecule has 30 heavy (non-hydrogen) atoms. The van der Waals surface area contributed by atoms with Crippen LogP contribution in [0.2, 0.25) is 0 Å². The molecule has 1 aliphatic rings. The molecule has 2 aromatic carbocycles. The number of aryl methyl sites for hydroxylation is 1. The number of rotatable bonds is 6. The SMILES string of the molecule is Cc1nc(-c2cccc(NC(=O)N(Cc3ccccc3O)C[C@@H]3CCCO3)c2)cs1. The van der Waals surface area contributed by atoms with E-state index in [1.54, 1.807) is 28.4 Å². The van der Waals surface area contributed by atoms with Crippen molar-refractivity contribution in [3.8, 4) is 17.0 Å². The lowest BCUT2D eigenvalue weighted by Gasteiger charge is -2.26. The molecule has 7 heteroatoms. The molecule has 0 unspecified atom stereocenters. The number of carbonyl (C=O) groups excluding carboxylic acids is 1. The summed E-state index contributed by atoms with van der Waals surface area (Å²) in [4.78, 5) is 19.4. The molecule has 1 aliphatic heterocycles. The third-order valence-electron chi connectivity index (χ3n) is 5.12. The van der Waals surface area contributed by atoms with E-state index < -0.39 is 0 Å². The number of carbonyl (C=O) groups is 1. The fraction of sp³-hybridized carbons (Fsp3) is 0.304. The highest BCUT2D eigenvalue weighted by molar-refractivity contribution is 7.09. The van der Waals surface area contributed by atoms with Crippen molar-refractivity contribution in [3.05, 3.63) is 64.5 Å². The molecule has 2 amide bonds. The standard InChI is InChI=1S/C23H25N3O3S/c1-16-24-21(15-30-16)17-7-4-8-19(12-17)25-23(28)26(14-20-9-5-11-29-20)13-18-6-2-3-10-22(18)27/h2-4,6-8,10,12,15,20,27H,5,9,11,13-14H2,1H3,(H,25,28)/t20-/m0/s1. The highest BCUT2D eigenvalue weighted by Gasteiger charge is 2.23. The minimum Gasteiger partial charge on any atom is -0.508 e. The van der Waals surface area contributed by atoms with E-state index in [0.717, 1.165) is 35.7 Å². The third-order valence-corrected chi connectivity index (χ3v) is 5.89. The van der Waals surface area contributed by atoms with E-state index in [0.29, 0.717) is 24.3 Å². The van der Waals surface area contributed by atoms with Gasteiger partial charge < -0.3 is 20.1 Å². The number of para-hydroxylation sites is 1. The van der Waals surface area contributed by atoms with Crippen molar-refractivity contribution >= 4 is 23.1 Å². The normalized spacial score (nSPS) is 15.8. The molecule has 3 aromatic rings. The number of ether oxygens (including phenoxy) is 1. The number of hydrogen-bond donors (Lipinski definition) is 2. The molecule has 0 radical (unpaired) electrons. The van der Waals surface area contributed by atoms with Crippen LogP contribution in [0.1, 0.15) is 23.4 Å². The lowest BCUT2D eigenvalue weighted by atomic mass is 10.1. The van der Waals surface area contributed by atoms with Crippen LogP contribution >= 0.6 is 11.3 Å². The van der Waals surface area contributed by atoms with E-state index in [1.165, 1.54) is 0 Å². The zero-order chi connectivity index (χ0) is 20.9. The molecule has 1 saturated heterocycles. The number of phenolic OH excluding ortho intramolecular Hbond substituents is 1. The van der Waals surface area contributed by atoms with E-state index in [-0.39, 0.29) is 17.9 Å². The van der Waals surface area contributed by atoms with Crippen molar-refractivity contribution in [2.75, 3.05) is 18.5 Å². The smallest absolute Gasteiger partial charge is 0.322 e. The van der Waals surface area contributed by atoms with Crippen LogP contribution in [-0.2, 0) is 11.3 Å². The number of hydrogen-bond acceptors (Lipinski definition) is 5. The molecule has 1 fully saturated rings. The lowest BCUT2D eigenvalue weighted by molar-refractivity contribution is 0.0817. The fourth-order valence-corrected chi connectivity index (χ4v) is 4.18. The number of thiazole rings is 1. The molecule has 0 saturated carbocycles. The Kier molecular flexibility index (Phi) is 6.30.